The van der Waals surface area contributed by atoms with Gasteiger partial charge in [-0.1, -0.05) is 12.1 Å². The van der Waals surface area contributed by atoms with Gasteiger partial charge in [0.25, 0.3) is 0 Å². The molecule has 72 valence electrons. The molecule has 1 aromatic carbocycles. The molecule has 2 nitrogen and oxygen atoms in total. The van der Waals surface area contributed by atoms with Gasteiger partial charge >= 0.3 is 0 Å². The smallest absolute Gasteiger partial charge is 0.122 e. The zero-order valence-electron chi connectivity index (χ0n) is 7.53. The summed E-state index contributed by atoms with van der Waals surface area (Å²) in [5.41, 5.74) is 0.593. The highest BCUT2D eigenvalue weighted by Gasteiger charge is 2.03. The third-order valence-corrected chi connectivity index (χ3v) is 1.68. The summed E-state index contributed by atoms with van der Waals surface area (Å²) in [5.74, 6) is 0.594. The van der Waals surface area contributed by atoms with Gasteiger partial charge in [0.05, 0.1) is 6.61 Å². The average Bonchev–Trinajstić information content (AvgIpc) is 2.15. The van der Waals surface area contributed by atoms with Crippen molar-refractivity contribution < 1.29 is 14.2 Å². The molecule has 1 aromatic rings. The molecule has 13 heavy (non-hydrogen) atoms. The SMILES string of the molecule is CC(F)c1cccc(OCCO)c1. The molecular formula is C10H13FO2. The summed E-state index contributed by atoms with van der Waals surface area (Å²) in [6.07, 6.45) is -0.988. The van der Waals surface area contributed by atoms with Crippen molar-refractivity contribution in [3.63, 3.8) is 0 Å². The normalized spacial score (nSPS) is 12.5. The molecule has 1 atom stereocenters. The standard InChI is InChI=1S/C10H13FO2/c1-8(11)9-3-2-4-10(7-9)13-6-5-12/h2-4,7-8,12H,5-6H2,1H3. The lowest BCUT2D eigenvalue weighted by Crippen LogP contribution is -2.01. The summed E-state index contributed by atoms with van der Waals surface area (Å²) in [5, 5.41) is 8.51. The molecule has 0 aliphatic rings. The molecule has 0 amide bonds. The van der Waals surface area contributed by atoms with E-state index in [1.54, 1.807) is 24.3 Å². The van der Waals surface area contributed by atoms with Crippen molar-refractivity contribution in [2.24, 2.45) is 0 Å². The van der Waals surface area contributed by atoms with Crippen molar-refractivity contribution in [3.05, 3.63) is 29.8 Å². The fourth-order valence-corrected chi connectivity index (χ4v) is 1.02. The van der Waals surface area contributed by atoms with E-state index in [0.29, 0.717) is 11.3 Å². The van der Waals surface area contributed by atoms with E-state index in [2.05, 4.69) is 0 Å². The van der Waals surface area contributed by atoms with E-state index >= 15 is 0 Å². The van der Waals surface area contributed by atoms with Gasteiger partial charge in [-0.05, 0) is 24.6 Å². The number of benzene rings is 1. The number of hydrogen-bond acceptors (Lipinski definition) is 2. The third kappa shape index (κ3) is 3.03. The molecule has 1 N–H and O–H groups in total. The van der Waals surface area contributed by atoms with Gasteiger partial charge in [-0.25, -0.2) is 4.39 Å². The van der Waals surface area contributed by atoms with Crippen molar-refractivity contribution in [2.75, 3.05) is 13.2 Å². The zero-order valence-corrected chi connectivity index (χ0v) is 7.53. The maximum atomic E-state index is 12.8. The Morgan fingerprint density at radius 1 is 1.54 bits per heavy atom. The Balaban J connectivity index is 2.68. The number of rotatable bonds is 4. The zero-order chi connectivity index (χ0) is 9.68. The Morgan fingerprint density at radius 2 is 2.31 bits per heavy atom. The van der Waals surface area contributed by atoms with Crippen LogP contribution in [0.5, 0.6) is 5.75 Å². The van der Waals surface area contributed by atoms with Crippen molar-refractivity contribution in [1.29, 1.82) is 0 Å². The van der Waals surface area contributed by atoms with Crippen LogP contribution in [0.3, 0.4) is 0 Å². The van der Waals surface area contributed by atoms with Crippen LogP contribution in [0.2, 0.25) is 0 Å². The fraction of sp³-hybridized carbons (Fsp3) is 0.400. The minimum absolute atomic E-state index is 0.0323. The molecule has 0 aromatic heterocycles. The number of ether oxygens (including phenoxy) is 1. The van der Waals surface area contributed by atoms with Crippen LogP contribution < -0.4 is 4.74 Å². The fourth-order valence-electron chi connectivity index (χ4n) is 1.02. The van der Waals surface area contributed by atoms with Crippen molar-refractivity contribution in [2.45, 2.75) is 13.1 Å². The van der Waals surface area contributed by atoms with Gasteiger partial charge in [-0.2, -0.15) is 0 Å². The maximum absolute atomic E-state index is 12.8. The third-order valence-electron chi connectivity index (χ3n) is 1.68. The summed E-state index contributed by atoms with van der Waals surface area (Å²) in [6, 6.07) is 6.82. The predicted molar refractivity (Wildman–Crippen MR) is 48.5 cm³/mol. The number of aliphatic hydroxyl groups excluding tert-OH is 1. The first-order valence-corrected chi connectivity index (χ1v) is 4.21. The van der Waals surface area contributed by atoms with Crippen LogP contribution >= 0.6 is 0 Å². The first-order chi connectivity index (χ1) is 6.24. The van der Waals surface area contributed by atoms with Crippen LogP contribution in [-0.2, 0) is 0 Å². The lowest BCUT2D eigenvalue weighted by Gasteiger charge is -2.06. The van der Waals surface area contributed by atoms with Crippen LogP contribution in [0.4, 0.5) is 4.39 Å². The van der Waals surface area contributed by atoms with E-state index in [9.17, 15) is 4.39 Å². The van der Waals surface area contributed by atoms with Gasteiger partial charge in [0, 0.05) is 0 Å². The molecule has 0 saturated carbocycles. The summed E-state index contributed by atoms with van der Waals surface area (Å²) in [4.78, 5) is 0. The monoisotopic (exact) mass is 184 g/mol. The van der Waals surface area contributed by atoms with Gasteiger partial charge in [0.2, 0.25) is 0 Å². The number of halogens is 1. The molecule has 0 fully saturated rings. The predicted octanol–water partition coefficient (Wildman–Crippen LogP) is 2.09. The average molecular weight is 184 g/mol. The topological polar surface area (TPSA) is 29.5 Å². The molecule has 0 spiro atoms. The van der Waals surface area contributed by atoms with Gasteiger partial charge in [-0.3, -0.25) is 0 Å². The van der Waals surface area contributed by atoms with Crippen LogP contribution in [0.25, 0.3) is 0 Å². The van der Waals surface area contributed by atoms with Gasteiger partial charge in [-0.15, -0.1) is 0 Å². The summed E-state index contributed by atoms with van der Waals surface area (Å²) >= 11 is 0. The molecule has 1 rings (SSSR count). The minimum atomic E-state index is -0.988. The number of hydrogen-bond donors (Lipinski definition) is 1. The van der Waals surface area contributed by atoms with E-state index in [0.717, 1.165) is 0 Å². The Bertz CT molecular complexity index is 261. The van der Waals surface area contributed by atoms with Crippen LogP contribution in [-0.4, -0.2) is 18.3 Å². The quantitative estimate of drug-likeness (QED) is 0.776. The first kappa shape index (κ1) is 9.99. The first-order valence-electron chi connectivity index (χ1n) is 4.21. The Labute approximate surface area is 77.0 Å². The van der Waals surface area contributed by atoms with E-state index in [-0.39, 0.29) is 13.2 Å². The van der Waals surface area contributed by atoms with E-state index in [1.165, 1.54) is 6.92 Å². The van der Waals surface area contributed by atoms with Crippen molar-refractivity contribution in [3.8, 4) is 5.75 Å². The van der Waals surface area contributed by atoms with Gasteiger partial charge in [0.1, 0.15) is 18.5 Å². The van der Waals surface area contributed by atoms with Gasteiger partial charge < -0.3 is 9.84 Å². The number of aliphatic hydroxyl groups is 1. The molecule has 0 radical (unpaired) electrons. The Morgan fingerprint density at radius 3 is 2.92 bits per heavy atom. The lowest BCUT2D eigenvalue weighted by atomic mass is 10.1. The minimum Gasteiger partial charge on any atom is -0.491 e. The van der Waals surface area contributed by atoms with E-state index in [4.69, 9.17) is 9.84 Å². The molecule has 0 bridgehead atoms. The van der Waals surface area contributed by atoms with Crippen molar-refractivity contribution >= 4 is 0 Å². The van der Waals surface area contributed by atoms with Crippen LogP contribution in [0.15, 0.2) is 24.3 Å². The van der Waals surface area contributed by atoms with Crippen LogP contribution in [0, 0.1) is 0 Å². The Kier molecular flexibility index (Phi) is 3.71. The largest absolute Gasteiger partial charge is 0.491 e. The van der Waals surface area contributed by atoms with Crippen LogP contribution in [0.1, 0.15) is 18.7 Å². The molecular weight excluding hydrogens is 171 g/mol. The number of alkyl halides is 1. The highest BCUT2D eigenvalue weighted by molar-refractivity contribution is 5.29. The molecule has 0 saturated heterocycles. The molecule has 3 heteroatoms. The highest BCUT2D eigenvalue weighted by Crippen LogP contribution is 2.21. The van der Waals surface area contributed by atoms with Gasteiger partial charge in [0.15, 0.2) is 0 Å². The molecule has 0 heterocycles. The Hall–Kier alpha value is -1.09. The van der Waals surface area contributed by atoms with E-state index in [1.807, 2.05) is 0 Å². The second-order valence-corrected chi connectivity index (χ2v) is 2.76. The second kappa shape index (κ2) is 4.82. The molecule has 1 unspecified atom stereocenters. The van der Waals surface area contributed by atoms with Crippen molar-refractivity contribution in [1.82, 2.24) is 0 Å². The lowest BCUT2D eigenvalue weighted by molar-refractivity contribution is 0.201. The molecule has 0 aliphatic heterocycles. The highest BCUT2D eigenvalue weighted by atomic mass is 19.1. The summed E-state index contributed by atoms with van der Waals surface area (Å²) in [6.45, 7) is 1.69. The molecule has 0 aliphatic carbocycles. The summed E-state index contributed by atoms with van der Waals surface area (Å²) in [7, 11) is 0. The second-order valence-electron chi connectivity index (χ2n) is 2.76. The maximum Gasteiger partial charge on any atom is 0.122 e. The summed E-state index contributed by atoms with van der Waals surface area (Å²) < 4.78 is 18.0. The van der Waals surface area contributed by atoms with E-state index < -0.39 is 6.17 Å².